The number of aliphatic hydroxyl groups is 1. The van der Waals surface area contributed by atoms with Gasteiger partial charge in [-0.2, -0.15) is 0 Å². The minimum absolute atomic E-state index is 0.210. The Morgan fingerprint density at radius 1 is 1.22 bits per heavy atom. The van der Waals surface area contributed by atoms with Crippen molar-refractivity contribution in [1.29, 1.82) is 0 Å². The number of carbonyl (C=O) groups is 1. The van der Waals surface area contributed by atoms with Gasteiger partial charge in [0.1, 0.15) is 0 Å². The van der Waals surface area contributed by atoms with Gasteiger partial charge in [0.25, 0.3) is 5.91 Å². The molecule has 3 nitrogen and oxygen atoms in total. The Morgan fingerprint density at radius 2 is 1.83 bits per heavy atom. The van der Waals surface area contributed by atoms with Crippen molar-refractivity contribution < 1.29 is 9.90 Å². The minimum atomic E-state index is -0.482. The van der Waals surface area contributed by atoms with E-state index in [0.717, 1.165) is 25.7 Å². The van der Waals surface area contributed by atoms with E-state index >= 15 is 0 Å². The van der Waals surface area contributed by atoms with Crippen molar-refractivity contribution in [2.24, 2.45) is 0 Å². The summed E-state index contributed by atoms with van der Waals surface area (Å²) in [7, 11) is 0. The van der Waals surface area contributed by atoms with Crippen molar-refractivity contribution in [3.05, 3.63) is 33.8 Å². The molecule has 2 rings (SSSR count). The van der Waals surface area contributed by atoms with Crippen LogP contribution in [0.25, 0.3) is 0 Å². The van der Waals surface area contributed by atoms with Gasteiger partial charge in [0.05, 0.1) is 27.8 Å². The lowest BCUT2D eigenvalue weighted by atomic mass is 9.92. The first kappa shape index (κ1) is 13.7. The molecule has 0 aliphatic heterocycles. The van der Waals surface area contributed by atoms with E-state index in [1.165, 1.54) is 0 Å². The smallest absolute Gasteiger partial charge is 0.254 e. The lowest BCUT2D eigenvalue weighted by Crippen LogP contribution is -2.45. The van der Waals surface area contributed by atoms with Gasteiger partial charge in [-0.15, -0.1) is 0 Å². The van der Waals surface area contributed by atoms with Crippen LogP contribution in [0.1, 0.15) is 36.0 Å². The Hall–Kier alpha value is -0.770. The predicted molar refractivity (Wildman–Crippen MR) is 72.2 cm³/mol. The highest BCUT2D eigenvalue weighted by Crippen LogP contribution is 2.25. The topological polar surface area (TPSA) is 49.3 Å². The molecule has 5 heteroatoms. The molecule has 1 aromatic carbocycles. The number of halogens is 2. The lowest BCUT2D eigenvalue weighted by Gasteiger charge is -2.28. The second-order valence-corrected chi connectivity index (χ2v) is 5.34. The monoisotopic (exact) mass is 287 g/mol. The van der Waals surface area contributed by atoms with Crippen LogP contribution in [0.15, 0.2) is 18.2 Å². The molecule has 0 spiro atoms. The van der Waals surface area contributed by atoms with Crippen LogP contribution in [-0.4, -0.2) is 23.2 Å². The molecule has 1 aromatic rings. The Kier molecular flexibility index (Phi) is 4.49. The molecule has 0 radical (unpaired) electrons. The van der Waals surface area contributed by atoms with Crippen LogP contribution in [-0.2, 0) is 0 Å². The molecule has 2 atom stereocenters. The average molecular weight is 288 g/mol. The molecule has 2 N–H and O–H groups in total. The predicted octanol–water partition coefficient (Wildman–Crippen LogP) is 3.03. The van der Waals surface area contributed by atoms with E-state index < -0.39 is 6.10 Å². The average Bonchev–Trinajstić information content (AvgIpc) is 2.32. The summed E-state index contributed by atoms with van der Waals surface area (Å²) in [6, 6.07) is 4.73. The fourth-order valence-electron chi connectivity index (χ4n) is 2.23. The maximum Gasteiger partial charge on any atom is 0.254 e. The molecule has 1 saturated carbocycles. The molecule has 0 heterocycles. The highest BCUT2D eigenvalue weighted by molar-refractivity contribution is 6.39. The van der Waals surface area contributed by atoms with Crippen LogP contribution in [0.5, 0.6) is 0 Å². The van der Waals surface area contributed by atoms with Gasteiger partial charge in [0, 0.05) is 0 Å². The number of benzene rings is 1. The lowest BCUT2D eigenvalue weighted by molar-refractivity contribution is 0.0717. The van der Waals surface area contributed by atoms with E-state index in [1.807, 2.05) is 0 Å². The fraction of sp³-hybridized carbons (Fsp3) is 0.462. The van der Waals surface area contributed by atoms with Crippen molar-refractivity contribution in [1.82, 2.24) is 5.32 Å². The van der Waals surface area contributed by atoms with E-state index in [4.69, 9.17) is 23.2 Å². The number of nitrogens with one attached hydrogen (secondary N) is 1. The van der Waals surface area contributed by atoms with E-state index in [-0.39, 0.29) is 17.5 Å². The maximum atomic E-state index is 12.1. The maximum absolute atomic E-state index is 12.1. The van der Waals surface area contributed by atoms with Crippen molar-refractivity contribution in [2.75, 3.05) is 0 Å². The summed E-state index contributed by atoms with van der Waals surface area (Å²) in [6.45, 7) is 0. The SMILES string of the molecule is O=C(N[C@@H]1CCCC[C@H]1O)c1c(Cl)cccc1Cl. The molecule has 0 aromatic heterocycles. The van der Waals surface area contributed by atoms with Crippen molar-refractivity contribution in [3.63, 3.8) is 0 Å². The van der Waals surface area contributed by atoms with Gasteiger partial charge in [-0.3, -0.25) is 4.79 Å². The summed E-state index contributed by atoms with van der Waals surface area (Å²) in [5.41, 5.74) is 0.276. The van der Waals surface area contributed by atoms with Crippen molar-refractivity contribution >= 4 is 29.1 Å². The summed E-state index contributed by atoms with van der Waals surface area (Å²) < 4.78 is 0. The van der Waals surface area contributed by atoms with E-state index in [2.05, 4.69) is 5.32 Å². The number of hydrogen-bond donors (Lipinski definition) is 2. The third-order valence-electron chi connectivity index (χ3n) is 3.24. The van der Waals surface area contributed by atoms with Gasteiger partial charge in [-0.05, 0) is 25.0 Å². The molecule has 0 unspecified atom stereocenters. The van der Waals surface area contributed by atoms with Crippen LogP contribution in [0.2, 0.25) is 10.0 Å². The molecule has 98 valence electrons. The number of rotatable bonds is 2. The second-order valence-electron chi connectivity index (χ2n) is 4.53. The number of aliphatic hydroxyl groups excluding tert-OH is 1. The first-order chi connectivity index (χ1) is 8.59. The van der Waals surface area contributed by atoms with Crippen LogP contribution >= 0.6 is 23.2 Å². The number of carbonyl (C=O) groups excluding carboxylic acids is 1. The zero-order chi connectivity index (χ0) is 13.1. The molecule has 1 fully saturated rings. The normalized spacial score (nSPS) is 23.7. The standard InChI is InChI=1S/C13H15Cl2NO2/c14-8-4-3-5-9(15)12(8)13(18)16-10-6-1-2-7-11(10)17/h3-5,10-11,17H,1-2,6-7H2,(H,16,18)/t10-,11-/m1/s1. The van der Waals surface area contributed by atoms with Gasteiger partial charge in [-0.25, -0.2) is 0 Å². The van der Waals surface area contributed by atoms with Crippen LogP contribution in [0, 0.1) is 0 Å². The highest BCUT2D eigenvalue weighted by Gasteiger charge is 2.26. The Bertz CT molecular complexity index is 430. The molecule has 0 bridgehead atoms. The highest BCUT2D eigenvalue weighted by atomic mass is 35.5. The molecule has 1 aliphatic rings. The Labute approximate surface area is 116 Å². The zero-order valence-electron chi connectivity index (χ0n) is 9.83. The van der Waals surface area contributed by atoms with Gasteiger partial charge >= 0.3 is 0 Å². The number of hydrogen-bond acceptors (Lipinski definition) is 2. The molecule has 1 amide bonds. The van der Waals surface area contributed by atoms with E-state index in [0.29, 0.717) is 10.0 Å². The molecular weight excluding hydrogens is 273 g/mol. The third kappa shape index (κ3) is 2.97. The molecular formula is C13H15Cl2NO2. The van der Waals surface area contributed by atoms with Gasteiger partial charge in [0.2, 0.25) is 0 Å². The minimum Gasteiger partial charge on any atom is -0.391 e. The molecule has 0 saturated heterocycles. The van der Waals surface area contributed by atoms with Crippen molar-refractivity contribution in [2.45, 2.75) is 37.8 Å². The summed E-state index contributed by atoms with van der Waals surface area (Å²) in [5.74, 6) is -0.323. The van der Waals surface area contributed by atoms with E-state index in [1.54, 1.807) is 18.2 Å². The summed E-state index contributed by atoms with van der Waals surface area (Å²) >= 11 is 11.9. The van der Waals surface area contributed by atoms with Crippen LogP contribution in [0.3, 0.4) is 0 Å². The summed E-state index contributed by atoms with van der Waals surface area (Å²) in [6.07, 6.45) is 3.04. The number of amides is 1. The van der Waals surface area contributed by atoms with Gasteiger partial charge in [0.15, 0.2) is 0 Å². The quantitative estimate of drug-likeness (QED) is 0.878. The van der Waals surface area contributed by atoms with Crippen molar-refractivity contribution in [3.8, 4) is 0 Å². The largest absolute Gasteiger partial charge is 0.391 e. The summed E-state index contributed by atoms with van der Waals surface area (Å²) in [4.78, 5) is 12.1. The third-order valence-corrected chi connectivity index (χ3v) is 3.87. The van der Waals surface area contributed by atoms with Gasteiger partial charge in [-0.1, -0.05) is 42.1 Å². The fourth-order valence-corrected chi connectivity index (χ4v) is 2.80. The Balaban J connectivity index is 2.12. The van der Waals surface area contributed by atoms with Gasteiger partial charge < -0.3 is 10.4 Å². The first-order valence-electron chi connectivity index (χ1n) is 6.02. The molecule has 1 aliphatic carbocycles. The van der Waals surface area contributed by atoms with E-state index in [9.17, 15) is 9.90 Å². The van der Waals surface area contributed by atoms with Crippen LogP contribution < -0.4 is 5.32 Å². The van der Waals surface area contributed by atoms with Crippen LogP contribution in [0.4, 0.5) is 0 Å². The second kappa shape index (κ2) is 5.91. The summed E-state index contributed by atoms with van der Waals surface area (Å²) in [5, 5.41) is 13.3. The molecule has 18 heavy (non-hydrogen) atoms. The zero-order valence-corrected chi connectivity index (χ0v) is 11.3. The first-order valence-corrected chi connectivity index (χ1v) is 6.78. The Morgan fingerprint density at radius 3 is 2.44 bits per heavy atom.